The Morgan fingerprint density at radius 3 is 2.16 bits per heavy atom. The quantitative estimate of drug-likeness (QED) is 0.0597. The Morgan fingerprint density at radius 1 is 0.738 bits per heavy atom. The standard InChI is InChI=1S/C56H52O5/c1-3-4-6-11-38-16-18-39(19-17-38)40-24-29-46(30-25-40)59-53(57)42-22-20-41(21-23-42)43-26-31-47-49(36-43)51-50(54(58)61-55(51)33-9-10-34-55)48-32-35-56(60-52(47)48,44-12-7-5-8-13-44)45-27-14-37(2)15-28-45/h5,7-10,12-15,20-32,35-36,38-39H,3-4,6,11,16-19,33-34H2,1-2H3. The van der Waals surface area contributed by atoms with Gasteiger partial charge in [-0.15, -0.1) is 0 Å². The molecule has 1 fully saturated rings. The van der Waals surface area contributed by atoms with Crippen molar-refractivity contribution in [1.29, 1.82) is 0 Å². The van der Waals surface area contributed by atoms with Crippen molar-refractivity contribution in [1.82, 2.24) is 0 Å². The van der Waals surface area contributed by atoms with Gasteiger partial charge >= 0.3 is 11.9 Å². The molecule has 6 aromatic carbocycles. The second-order valence-corrected chi connectivity index (χ2v) is 17.7. The highest BCUT2D eigenvalue weighted by molar-refractivity contribution is 6.10. The van der Waals surface area contributed by atoms with E-state index in [2.05, 4.69) is 105 Å². The first-order valence-corrected chi connectivity index (χ1v) is 22.3. The van der Waals surface area contributed by atoms with Crippen LogP contribution in [0.3, 0.4) is 0 Å². The van der Waals surface area contributed by atoms with Crippen LogP contribution in [-0.2, 0) is 15.9 Å². The molecular weight excluding hydrogens is 753 g/mol. The molecule has 61 heavy (non-hydrogen) atoms. The summed E-state index contributed by atoms with van der Waals surface area (Å²) >= 11 is 0. The Labute approximate surface area is 359 Å². The fourth-order valence-electron chi connectivity index (χ4n) is 10.4. The predicted molar refractivity (Wildman–Crippen MR) is 243 cm³/mol. The Morgan fingerprint density at radius 2 is 1.44 bits per heavy atom. The van der Waals surface area contributed by atoms with E-state index in [0.29, 0.717) is 41.4 Å². The molecule has 1 unspecified atom stereocenters. The van der Waals surface area contributed by atoms with Crippen LogP contribution in [0, 0.1) is 12.8 Å². The van der Waals surface area contributed by atoms with Gasteiger partial charge in [-0.05, 0) is 109 Å². The van der Waals surface area contributed by atoms with Crippen molar-refractivity contribution in [3.05, 3.63) is 184 Å². The van der Waals surface area contributed by atoms with Crippen molar-refractivity contribution in [2.75, 3.05) is 0 Å². The van der Waals surface area contributed by atoms with Crippen molar-refractivity contribution >= 4 is 28.8 Å². The van der Waals surface area contributed by atoms with E-state index in [0.717, 1.165) is 55.6 Å². The van der Waals surface area contributed by atoms with Gasteiger partial charge in [0, 0.05) is 40.5 Å². The number of benzene rings is 6. The molecule has 0 radical (unpaired) electrons. The Balaban J connectivity index is 0.942. The molecule has 2 heterocycles. The number of fused-ring (bicyclic) bond motifs is 7. The molecule has 2 aliphatic heterocycles. The van der Waals surface area contributed by atoms with Gasteiger partial charge in [0.1, 0.15) is 17.1 Å². The number of ether oxygens (including phenoxy) is 3. The summed E-state index contributed by atoms with van der Waals surface area (Å²) in [5.41, 5.74) is 7.42. The van der Waals surface area contributed by atoms with E-state index in [1.807, 2.05) is 54.6 Å². The molecule has 6 aromatic rings. The van der Waals surface area contributed by atoms with Crippen LogP contribution in [-0.4, -0.2) is 11.9 Å². The van der Waals surface area contributed by atoms with E-state index < -0.39 is 11.2 Å². The molecule has 1 atom stereocenters. The highest BCUT2D eigenvalue weighted by atomic mass is 16.6. The van der Waals surface area contributed by atoms with Crippen LogP contribution in [0.1, 0.15) is 131 Å². The maximum Gasteiger partial charge on any atom is 0.343 e. The monoisotopic (exact) mass is 804 g/mol. The van der Waals surface area contributed by atoms with Crippen LogP contribution in [0.4, 0.5) is 0 Å². The average Bonchev–Trinajstić information content (AvgIpc) is 3.90. The topological polar surface area (TPSA) is 61.8 Å². The van der Waals surface area contributed by atoms with Gasteiger partial charge in [-0.1, -0.05) is 141 Å². The van der Waals surface area contributed by atoms with Gasteiger partial charge in [-0.25, -0.2) is 9.59 Å². The van der Waals surface area contributed by atoms with Crippen molar-refractivity contribution in [2.45, 2.75) is 95.2 Å². The summed E-state index contributed by atoms with van der Waals surface area (Å²) in [7, 11) is 0. The van der Waals surface area contributed by atoms with E-state index in [1.54, 1.807) is 0 Å². The first-order chi connectivity index (χ1) is 29.8. The predicted octanol–water partition coefficient (Wildman–Crippen LogP) is 14.0. The third kappa shape index (κ3) is 7.08. The molecule has 4 aliphatic rings. The number of rotatable bonds is 10. The number of aryl methyl sites for hydroxylation is 1. The summed E-state index contributed by atoms with van der Waals surface area (Å²) in [6, 6.07) is 40.8. The molecule has 0 N–H and O–H groups in total. The van der Waals surface area contributed by atoms with Gasteiger partial charge in [0.25, 0.3) is 0 Å². The van der Waals surface area contributed by atoms with Gasteiger partial charge in [0.05, 0.1) is 11.1 Å². The van der Waals surface area contributed by atoms with E-state index in [-0.39, 0.29) is 11.9 Å². The van der Waals surface area contributed by atoms with Crippen LogP contribution in [0.25, 0.3) is 28.0 Å². The second kappa shape index (κ2) is 16.0. The maximum absolute atomic E-state index is 14.0. The maximum atomic E-state index is 14.0. The number of carbonyl (C=O) groups is 2. The second-order valence-electron chi connectivity index (χ2n) is 17.7. The smallest absolute Gasteiger partial charge is 0.343 e. The molecule has 5 nitrogen and oxygen atoms in total. The highest BCUT2D eigenvalue weighted by Crippen LogP contribution is 2.55. The molecule has 0 saturated heterocycles. The lowest BCUT2D eigenvalue weighted by Gasteiger charge is -2.37. The van der Waals surface area contributed by atoms with Gasteiger partial charge in [0.2, 0.25) is 0 Å². The van der Waals surface area contributed by atoms with Crippen LogP contribution in [0.15, 0.2) is 140 Å². The Bertz CT molecular complexity index is 2660. The average molecular weight is 805 g/mol. The Hall–Kier alpha value is -6.20. The Kier molecular flexibility index (Phi) is 10.2. The number of hydrogen-bond donors (Lipinski definition) is 0. The molecule has 0 aromatic heterocycles. The minimum Gasteiger partial charge on any atom is -0.472 e. The zero-order valence-corrected chi connectivity index (χ0v) is 35.1. The number of esters is 2. The van der Waals surface area contributed by atoms with Crippen molar-refractivity contribution in [3.8, 4) is 22.6 Å². The summed E-state index contributed by atoms with van der Waals surface area (Å²) in [5, 5.41) is 1.84. The molecular formula is C56H52O5. The third-order valence-electron chi connectivity index (χ3n) is 13.8. The van der Waals surface area contributed by atoms with Crippen molar-refractivity contribution in [2.24, 2.45) is 5.92 Å². The molecule has 1 saturated carbocycles. The largest absolute Gasteiger partial charge is 0.472 e. The van der Waals surface area contributed by atoms with Gasteiger partial charge in [-0.3, -0.25) is 0 Å². The zero-order valence-electron chi connectivity index (χ0n) is 35.1. The van der Waals surface area contributed by atoms with E-state index in [9.17, 15) is 9.59 Å². The lowest BCUT2D eigenvalue weighted by molar-refractivity contribution is -0.00144. The summed E-state index contributed by atoms with van der Waals surface area (Å²) in [4.78, 5) is 27.4. The molecule has 0 amide bonds. The van der Waals surface area contributed by atoms with E-state index >= 15 is 0 Å². The van der Waals surface area contributed by atoms with Crippen LogP contribution >= 0.6 is 0 Å². The SMILES string of the molecule is CCCCCC1CCC(c2ccc(OC(=O)c3ccc(-c4ccc5c6c(c7c(c5c4)C4(CC=CC4)OC7=O)C=CC(c4ccccc4)(c4ccc(C)cc4)O6)cc3)cc2)CC1. The molecule has 0 bridgehead atoms. The van der Waals surface area contributed by atoms with E-state index in [1.165, 1.54) is 56.9 Å². The van der Waals surface area contributed by atoms with E-state index in [4.69, 9.17) is 14.2 Å². The van der Waals surface area contributed by atoms with Crippen LogP contribution in [0.5, 0.6) is 11.5 Å². The summed E-state index contributed by atoms with van der Waals surface area (Å²) in [6.07, 6.45) is 20.1. The number of unbranched alkanes of at least 4 members (excludes halogenated alkanes) is 2. The summed E-state index contributed by atoms with van der Waals surface area (Å²) in [6.45, 7) is 4.36. The molecule has 10 rings (SSSR count). The van der Waals surface area contributed by atoms with Crippen LogP contribution in [0.2, 0.25) is 0 Å². The number of carbonyl (C=O) groups excluding carboxylic acids is 2. The summed E-state index contributed by atoms with van der Waals surface area (Å²) < 4.78 is 19.5. The first kappa shape index (κ1) is 39.0. The highest BCUT2D eigenvalue weighted by Gasteiger charge is 2.50. The molecule has 2 aliphatic carbocycles. The summed E-state index contributed by atoms with van der Waals surface area (Å²) in [5.74, 6) is 1.96. The molecule has 306 valence electrons. The fourth-order valence-corrected chi connectivity index (χ4v) is 10.4. The van der Waals surface area contributed by atoms with Crippen LogP contribution < -0.4 is 9.47 Å². The van der Waals surface area contributed by atoms with Crippen molar-refractivity contribution < 1.29 is 23.8 Å². The molecule has 1 spiro atoms. The van der Waals surface area contributed by atoms with Crippen molar-refractivity contribution in [3.63, 3.8) is 0 Å². The van der Waals surface area contributed by atoms with Gasteiger partial charge < -0.3 is 14.2 Å². The lowest BCUT2D eigenvalue weighted by atomic mass is 9.77. The fraction of sp³-hybridized carbons (Fsp3) is 0.286. The third-order valence-corrected chi connectivity index (χ3v) is 13.8. The minimum atomic E-state index is -0.920. The lowest BCUT2D eigenvalue weighted by Crippen LogP contribution is -2.34. The first-order valence-electron chi connectivity index (χ1n) is 22.3. The normalized spacial score (nSPS) is 20.9. The zero-order chi connectivity index (χ0) is 41.6. The minimum absolute atomic E-state index is 0.323. The molecule has 5 heteroatoms. The number of hydrogen-bond acceptors (Lipinski definition) is 5. The van der Waals surface area contributed by atoms with Gasteiger partial charge in [-0.2, -0.15) is 0 Å². The van der Waals surface area contributed by atoms with Gasteiger partial charge in [0.15, 0.2) is 5.60 Å².